The number of ether oxygens (including phenoxy) is 1. The van der Waals surface area contributed by atoms with Crippen LogP contribution in [0.4, 0.5) is 0 Å². The molecule has 0 heterocycles. The first-order chi connectivity index (χ1) is 7.60. The van der Waals surface area contributed by atoms with Crippen molar-refractivity contribution in [1.29, 1.82) is 5.26 Å². The average molecular weight is 219 g/mol. The van der Waals surface area contributed by atoms with Gasteiger partial charge in [-0.2, -0.15) is 5.26 Å². The average Bonchev–Trinajstić information content (AvgIpc) is 2.27. The summed E-state index contributed by atoms with van der Waals surface area (Å²) in [6.07, 6.45) is -0.0941. The monoisotopic (exact) mass is 219 g/mol. The van der Waals surface area contributed by atoms with Crippen LogP contribution in [0.25, 0.3) is 0 Å². The molecular weight excluding hydrogens is 206 g/mol. The highest BCUT2D eigenvalue weighted by Crippen LogP contribution is 2.25. The van der Waals surface area contributed by atoms with Gasteiger partial charge in [0.25, 0.3) is 0 Å². The zero-order valence-corrected chi connectivity index (χ0v) is 9.23. The second kappa shape index (κ2) is 5.17. The second-order valence-corrected chi connectivity index (χ2v) is 3.40. The van der Waals surface area contributed by atoms with E-state index >= 15 is 0 Å². The van der Waals surface area contributed by atoms with Crippen LogP contribution < -0.4 is 4.74 Å². The maximum absolute atomic E-state index is 11.0. The largest absolute Gasteiger partial charge is 0.478 e. The molecule has 1 N–H and O–H groups in total. The number of nitriles is 1. The topological polar surface area (TPSA) is 70.3 Å². The van der Waals surface area contributed by atoms with E-state index in [4.69, 9.17) is 15.1 Å². The number of carbonyl (C=O) groups is 1. The first-order valence-electron chi connectivity index (χ1n) is 4.99. The van der Waals surface area contributed by atoms with Crippen LogP contribution in [-0.2, 0) is 0 Å². The van der Waals surface area contributed by atoms with Gasteiger partial charge < -0.3 is 9.84 Å². The van der Waals surface area contributed by atoms with Crippen molar-refractivity contribution in [1.82, 2.24) is 0 Å². The summed E-state index contributed by atoms with van der Waals surface area (Å²) in [6, 6.07) is 6.85. The Morgan fingerprint density at radius 1 is 1.62 bits per heavy atom. The Morgan fingerprint density at radius 3 is 2.81 bits per heavy atom. The minimum absolute atomic E-state index is 0.0914. The molecule has 0 saturated heterocycles. The number of para-hydroxylation sites is 1. The Bertz CT molecular complexity index is 434. The van der Waals surface area contributed by atoms with E-state index in [1.807, 2.05) is 13.0 Å². The molecule has 4 nitrogen and oxygen atoms in total. The van der Waals surface area contributed by atoms with Crippen molar-refractivity contribution in [3.8, 4) is 11.8 Å². The lowest BCUT2D eigenvalue weighted by molar-refractivity contribution is 0.0690. The molecule has 0 amide bonds. The van der Waals surface area contributed by atoms with E-state index in [2.05, 4.69) is 0 Å². The third-order valence-electron chi connectivity index (χ3n) is 2.22. The van der Waals surface area contributed by atoms with Crippen LogP contribution in [0.2, 0.25) is 0 Å². The maximum atomic E-state index is 11.0. The molecule has 0 fully saturated rings. The highest BCUT2D eigenvalue weighted by Gasteiger charge is 2.16. The summed E-state index contributed by atoms with van der Waals surface area (Å²) < 4.78 is 5.39. The Kier molecular flexibility index (Phi) is 3.90. The summed E-state index contributed by atoms with van der Waals surface area (Å²) >= 11 is 0. The molecule has 1 aromatic rings. The summed E-state index contributed by atoms with van der Waals surface area (Å²) in [5.74, 6) is -0.769. The molecule has 1 atom stereocenters. The van der Waals surface area contributed by atoms with Gasteiger partial charge in [0.2, 0.25) is 0 Å². The SMILES string of the molecule is CCC(C#N)Oc1c(C)cccc1C(=O)O. The van der Waals surface area contributed by atoms with Gasteiger partial charge in [0.05, 0.1) is 0 Å². The molecule has 0 radical (unpaired) electrons. The van der Waals surface area contributed by atoms with Crippen LogP contribution in [0, 0.1) is 18.3 Å². The lowest BCUT2D eigenvalue weighted by Crippen LogP contribution is -2.15. The molecular formula is C12H13NO3. The number of benzene rings is 1. The minimum Gasteiger partial charge on any atom is -0.478 e. The van der Waals surface area contributed by atoms with Crippen LogP contribution >= 0.6 is 0 Å². The molecule has 4 heteroatoms. The standard InChI is InChI=1S/C12H13NO3/c1-3-9(7-13)16-11-8(2)5-4-6-10(11)12(14)15/h4-6,9H,3H2,1-2H3,(H,14,15). The summed E-state index contributed by atoms with van der Waals surface area (Å²) in [7, 11) is 0. The quantitative estimate of drug-likeness (QED) is 0.843. The molecule has 0 aliphatic rings. The second-order valence-electron chi connectivity index (χ2n) is 3.40. The number of hydrogen-bond acceptors (Lipinski definition) is 3. The molecule has 1 rings (SSSR count). The highest BCUT2D eigenvalue weighted by atomic mass is 16.5. The summed E-state index contributed by atoms with van der Waals surface area (Å²) in [6.45, 7) is 3.57. The molecule has 0 spiro atoms. The third kappa shape index (κ3) is 2.51. The fourth-order valence-corrected chi connectivity index (χ4v) is 1.32. The summed E-state index contributed by atoms with van der Waals surface area (Å²) in [4.78, 5) is 11.0. The predicted molar refractivity (Wildman–Crippen MR) is 58.5 cm³/mol. The number of rotatable bonds is 4. The third-order valence-corrected chi connectivity index (χ3v) is 2.22. The van der Waals surface area contributed by atoms with Crippen molar-refractivity contribution in [3.63, 3.8) is 0 Å². The van der Waals surface area contributed by atoms with Crippen molar-refractivity contribution in [3.05, 3.63) is 29.3 Å². The normalized spacial score (nSPS) is 11.6. The van der Waals surface area contributed by atoms with E-state index in [1.54, 1.807) is 19.1 Å². The fraction of sp³-hybridized carbons (Fsp3) is 0.333. The van der Waals surface area contributed by atoms with E-state index in [0.29, 0.717) is 12.0 Å². The Hall–Kier alpha value is -2.02. The molecule has 1 aromatic carbocycles. The highest BCUT2D eigenvalue weighted by molar-refractivity contribution is 5.91. The van der Waals surface area contributed by atoms with Crippen molar-refractivity contribution in [2.24, 2.45) is 0 Å². The van der Waals surface area contributed by atoms with E-state index in [1.165, 1.54) is 6.07 Å². The zero-order valence-electron chi connectivity index (χ0n) is 9.23. The first kappa shape index (κ1) is 12.1. The molecule has 0 bridgehead atoms. The number of aryl methyl sites for hydroxylation is 1. The molecule has 1 unspecified atom stereocenters. The van der Waals surface area contributed by atoms with Gasteiger partial charge in [-0.1, -0.05) is 19.1 Å². The van der Waals surface area contributed by atoms with Gasteiger partial charge in [-0.25, -0.2) is 4.79 Å². The van der Waals surface area contributed by atoms with Crippen molar-refractivity contribution in [2.45, 2.75) is 26.4 Å². The van der Waals surface area contributed by atoms with Gasteiger partial charge in [-0.05, 0) is 25.0 Å². The number of aromatic carboxylic acids is 1. The van der Waals surface area contributed by atoms with Crippen LogP contribution in [0.15, 0.2) is 18.2 Å². The maximum Gasteiger partial charge on any atom is 0.339 e. The first-order valence-corrected chi connectivity index (χ1v) is 4.99. The van der Waals surface area contributed by atoms with Crippen LogP contribution in [0.3, 0.4) is 0 Å². The Balaban J connectivity index is 3.11. The predicted octanol–water partition coefficient (Wildman–Crippen LogP) is 2.37. The Morgan fingerprint density at radius 2 is 2.31 bits per heavy atom. The van der Waals surface area contributed by atoms with E-state index in [9.17, 15) is 4.79 Å². The molecule has 0 aliphatic carbocycles. The molecule has 16 heavy (non-hydrogen) atoms. The van der Waals surface area contributed by atoms with Crippen molar-refractivity contribution in [2.75, 3.05) is 0 Å². The van der Waals surface area contributed by atoms with Gasteiger partial charge >= 0.3 is 5.97 Å². The summed E-state index contributed by atoms with van der Waals surface area (Å²) in [5.41, 5.74) is 0.808. The van der Waals surface area contributed by atoms with E-state index < -0.39 is 12.1 Å². The van der Waals surface area contributed by atoms with Gasteiger partial charge in [0.15, 0.2) is 6.10 Å². The van der Waals surface area contributed by atoms with E-state index in [0.717, 1.165) is 0 Å². The lowest BCUT2D eigenvalue weighted by atomic mass is 10.1. The van der Waals surface area contributed by atoms with Gasteiger partial charge in [0.1, 0.15) is 17.4 Å². The smallest absolute Gasteiger partial charge is 0.339 e. The van der Waals surface area contributed by atoms with Gasteiger partial charge in [-0.3, -0.25) is 0 Å². The van der Waals surface area contributed by atoms with Gasteiger partial charge in [-0.15, -0.1) is 0 Å². The zero-order chi connectivity index (χ0) is 12.1. The molecule has 0 aromatic heterocycles. The van der Waals surface area contributed by atoms with Crippen molar-refractivity contribution < 1.29 is 14.6 Å². The number of carboxylic acids is 1. The van der Waals surface area contributed by atoms with Crippen LogP contribution in [0.1, 0.15) is 29.3 Å². The van der Waals surface area contributed by atoms with E-state index in [-0.39, 0.29) is 11.3 Å². The van der Waals surface area contributed by atoms with Crippen LogP contribution in [-0.4, -0.2) is 17.2 Å². The number of hydrogen-bond donors (Lipinski definition) is 1. The summed E-state index contributed by atoms with van der Waals surface area (Å²) in [5, 5.41) is 17.8. The fourth-order valence-electron chi connectivity index (χ4n) is 1.32. The number of carboxylic acid groups (broad SMARTS) is 1. The molecule has 0 saturated carbocycles. The molecule has 84 valence electrons. The number of nitrogens with zero attached hydrogens (tertiary/aromatic N) is 1. The van der Waals surface area contributed by atoms with Crippen LogP contribution in [0.5, 0.6) is 5.75 Å². The molecule has 0 aliphatic heterocycles. The minimum atomic E-state index is -1.05. The van der Waals surface area contributed by atoms with Gasteiger partial charge in [0, 0.05) is 0 Å². The Labute approximate surface area is 94.1 Å². The lowest BCUT2D eigenvalue weighted by Gasteiger charge is -2.14. The van der Waals surface area contributed by atoms with Crippen molar-refractivity contribution >= 4 is 5.97 Å².